The lowest BCUT2D eigenvalue weighted by atomic mass is 9.99. The first-order valence-electron chi connectivity index (χ1n) is 6.21. The van der Waals surface area contributed by atoms with Gasteiger partial charge in [0.15, 0.2) is 0 Å². The first-order valence-corrected chi connectivity index (χ1v) is 6.21. The van der Waals surface area contributed by atoms with Crippen LogP contribution in [-0.4, -0.2) is 14.2 Å². The highest BCUT2D eigenvalue weighted by molar-refractivity contribution is 5.46. The average molecular weight is 237 g/mol. The number of benzene rings is 1. The van der Waals surface area contributed by atoms with E-state index < -0.39 is 0 Å². The third kappa shape index (κ3) is 3.63. The third-order valence-corrected chi connectivity index (χ3v) is 2.96. The van der Waals surface area contributed by atoms with Gasteiger partial charge in [-0.05, 0) is 18.6 Å². The molecule has 0 aliphatic carbocycles. The Hall–Kier alpha value is -1.22. The maximum absolute atomic E-state index is 6.23. The molecule has 2 N–H and O–H groups in total. The number of rotatable bonds is 7. The average Bonchev–Trinajstić information content (AvgIpc) is 2.37. The van der Waals surface area contributed by atoms with E-state index in [-0.39, 0.29) is 6.04 Å². The summed E-state index contributed by atoms with van der Waals surface area (Å²) in [6, 6.07) is 5.75. The summed E-state index contributed by atoms with van der Waals surface area (Å²) in [5.74, 6) is 1.63. The fraction of sp³-hybridized carbons (Fsp3) is 0.571. The second-order valence-corrected chi connectivity index (χ2v) is 4.18. The molecule has 1 aromatic carbocycles. The van der Waals surface area contributed by atoms with Crippen LogP contribution in [0.25, 0.3) is 0 Å². The first-order chi connectivity index (χ1) is 8.24. The van der Waals surface area contributed by atoms with Crippen molar-refractivity contribution in [3.05, 3.63) is 23.8 Å². The number of methoxy groups -OCH3 is 2. The van der Waals surface area contributed by atoms with Gasteiger partial charge in [-0.15, -0.1) is 0 Å². The lowest BCUT2D eigenvalue weighted by molar-refractivity contribution is 0.376. The molecule has 1 rings (SSSR count). The maximum Gasteiger partial charge on any atom is 0.127 e. The van der Waals surface area contributed by atoms with E-state index in [4.69, 9.17) is 15.2 Å². The SMILES string of the molecule is CCCCCC(N)c1c(OC)cccc1OC. The van der Waals surface area contributed by atoms with Gasteiger partial charge in [0.1, 0.15) is 11.5 Å². The van der Waals surface area contributed by atoms with Crippen molar-refractivity contribution < 1.29 is 9.47 Å². The largest absolute Gasteiger partial charge is 0.496 e. The minimum atomic E-state index is -0.0207. The Morgan fingerprint density at radius 1 is 1.12 bits per heavy atom. The zero-order valence-electron chi connectivity index (χ0n) is 11.0. The molecule has 0 bridgehead atoms. The Morgan fingerprint density at radius 2 is 1.71 bits per heavy atom. The summed E-state index contributed by atoms with van der Waals surface area (Å²) >= 11 is 0. The Labute approximate surface area is 104 Å². The van der Waals surface area contributed by atoms with Crippen LogP contribution in [0.2, 0.25) is 0 Å². The van der Waals surface area contributed by atoms with Crippen LogP contribution >= 0.6 is 0 Å². The summed E-state index contributed by atoms with van der Waals surface area (Å²) in [4.78, 5) is 0. The summed E-state index contributed by atoms with van der Waals surface area (Å²) in [5, 5.41) is 0. The van der Waals surface area contributed by atoms with Gasteiger partial charge in [-0.3, -0.25) is 0 Å². The molecule has 0 heterocycles. The summed E-state index contributed by atoms with van der Waals surface area (Å²) in [5.41, 5.74) is 7.21. The highest BCUT2D eigenvalue weighted by Crippen LogP contribution is 2.34. The van der Waals surface area contributed by atoms with Crippen molar-refractivity contribution in [1.82, 2.24) is 0 Å². The Bertz CT molecular complexity index is 317. The van der Waals surface area contributed by atoms with E-state index in [0.29, 0.717) is 0 Å². The van der Waals surface area contributed by atoms with Crippen molar-refractivity contribution in [3.8, 4) is 11.5 Å². The summed E-state index contributed by atoms with van der Waals surface area (Å²) in [7, 11) is 3.33. The van der Waals surface area contributed by atoms with Crippen LogP contribution in [-0.2, 0) is 0 Å². The molecule has 1 aromatic rings. The van der Waals surface area contributed by atoms with Crippen molar-refractivity contribution in [3.63, 3.8) is 0 Å². The molecular formula is C14H23NO2. The molecular weight excluding hydrogens is 214 g/mol. The van der Waals surface area contributed by atoms with Gasteiger partial charge < -0.3 is 15.2 Å². The number of hydrogen-bond donors (Lipinski definition) is 1. The van der Waals surface area contributed by atoms with Gasteiger partial charge in [-0.1, -0.05) is 32.3 Å². The van der Waals surface area contributed by atoms with Crippen molar-refractivity contribution in [2.24, 2.45) is 5.73 Å². The zero-order valence-corrected chi connectivity index (χ0v) is 11.0. The molecule has 17 heavy (non-hydrogen) atoms. The lowest BCUT2D eigenvalue weighted by Gasteiger charge is -2.18. The molecule has 0 saturated carbocycles. The first kappa shape index (κ1) is 13.8. The molecule has 0 saturated heterocycles. The fourth-order valence-corrected chi connectivity index (χ4v) is 2.00. The highest BCUT2D eigenvalue weighted by Gasteiger charge is 2.16. The number of nitrogens with two attached hydrogens (primary N) is 1. The Balaban J connectivity index is 2.85. The monoisotopic (exact) mass is 237 g/mol. The minimum Gasteiger partial charge on any atom is -0.496 e. The van der Waals surface area contributed by atoms with Crippen molar-refractivity contribution >= 4 is 0 Å². The molecule has 3 nitrogen and oxygen atoms in total. The molecule has 1 atom stereocenters. The van der Waals surface area contributed by atoms with Gasteiger partial charge >= 0.3 is 0 Å². The van der Waals surface area contributed by atoms with E-state index in [1.165, 1.54) is 12.8 Å². The minimum absolute atomic E-state index is 0.0207. The van der Waals surface area contributed by atoms with Crippen LogP contribution in [0, 0.1) is 0 Å². The molecule has 0 aliphatic heterocycles. The Morgan fingerprint density at radius 3 is 2.18 bits per heavy atom. The van der Waals surface area contributed by atoms with Gasteiger partial charge in [0, 0.05) is 6.04 Å². The molecule has 3 heteroatoms. The van der Waals surface area contributed by atoms with Crippen LogP contribution in [0.1, 0.15) is 44.2 Å². The lowest BCUT2D eigenvalue weighted by Crippen LogP contribution is -2.13. The van der Waals surface area contributed by atoms with Crippen LogP contribution < -0.4 is 15.2 Å². The summed E-state index contributed by atoms with van der Waals surface area (Å²) in [6.07, 6.45) is 4.52. The third-order valence-electron chi connectivity index (χ3n) is 2.96. The molecule has 0 amide bonds. The van der Waals surface area contributed by atoms with E-state index in [1.807, 2.05) is 18.2 Å². The fourth-order valence-electron chi connectivity index (χ4n) is 2.00. The quantitative estimate of drug-likeness (QED) is 0.740. The van der Waals surface area contributed by atoms with E-state index >= 15 is 0 Å². The van der Waals surface area contributed by atoms with Gasteiger partial charge in [0.25, 0.3) is 0 Å². The predicted molar refractivity (Wildman–Crippen MR) is 70.6 cm³/mol. The molecule has 0 aliphatic rings. The van der Waals surface area contributed by atoms with Crippen molar-refractivity contribution in [2.75, 3.05) is 14.2 Å². The van der Waals surface area contributed by atoms with Crippen molar-refractivity contribution in [1.29, 1.82) is 0 Å². The van der Waals surface area contributed by atoms with Gasteiger partial charge in [0.05, 0.1) is 19.8 Å². The molecule has 0 aromatic heterocycles. The van der Waals surface area contributed by atoms with E-state index in [1.54, 1.807) is 14.2 Å². The number of ether oxygens (including phenoxy) is 2. The van der Waals surface area contributed by atoms with Crippen molar-refractivity contribution in [2.45, 2.75) is 38.6 Å². The van der Waals surface area contributed by atoms with E-state index in [9.17, 15) is 0 Å². The number of unbranched alkanes of at least 4 members (excludes halogenated alkanes) is 2. The van der Waals surface area contributed by atoms with Gasteiger partial charge in [0.2, 0.25) is 0 Å². The molecule has 1 unspecified atom stereocenters. The molecule has 0 radical (unpaired) electrons. The van der Waals surface area contributed by atoms with Crippen LogP contribution in [0.5, 0.6) is 11.5 Å². The standard InChI is InChI=1S/C14H23NO2/c1-4-5-6-8-11(15)14-12(16-2)9-7-10-13(14)17-3/h7,9-11H,4-6,8,15H2,1-3H3. The second kappa shape index (κ2) is 7.17. The summed E-state index contributed by atoms with van der Waals surface area (Å²) < 4.78 is 10.7. The van der Waals surface area contributed by atoms with E-state index in [2.05, 4.69) is 6.92 Å². The van der Waals surface area contributed by atoms with Gasteiger partial charge in [-0.25, -0.2) is 0 Å². The molecule has 0 spiro atoms. The van der Waals surface area contributed by atoms with Crippen LogP contribution in [0.15, 0.2) is 18.2 Å². The zero-order chi connectivity index (χ0) is 12.7. The second-order valence-electron chi connectivity index (χ2n) is 4.18. The van der Waals surface area contributed by atoms with E-state index in [0.717, 1.165) is 29.9 Å². The maximum atomic E-state index is 6.23. The van der Waals surface area contributed by atoms with Crippen LogP contribution in [0.3, 0.4) is 0 Å². The number of hydrogen-bond acceptors (Lipinski definition) is 3. The smallest absolute Gasteiger partial charge is 0.127 e. The topological polar surface area (TPSA) is 44.5 Å². The predicted octanol–water partition coefficient (Wildman–Crippen LogP) is 3.28. The molecule has 96 valence electrons. The summed E-state index contributed by atoms with van der Waals surface area (Å²) in [6.45, 7) is 2.19. The van der Waals surface area contributed by atoms with Gasteiger partial charge in [-0.2, -0.15) is 0 Å². The Kier molecular flexibility index (Phi) is 5.84. The normalized spacial score (nSPS) is 12.2. The molecule has 0 fully saturated rings. The highest BCUT2D eigenvalue weighted by atomic mass is 16.5. The van der Waals surface area contributed by atoms with Crippen LogP contribution in [0.4, 0.5) is 0 Å².